The van der Waals surface area contributed by atoms with Crippen molar-refractivity contribution in [3.05, 3.63) is 64.2 Å². The van der Waals surface area contributed by atoms with Gasteiger partial charge < -0.3 is 4.74 Å². The summed E-state index contributed by atoms with van der Waals surface area (Å²) in [7, 11) is -3.70. The Kier molecular flexibility index (Phi) is 5.91. The van der Waals surface area contributed by atoms with Crippen molar-refractivity contribution < 1.29 is 18.1 Å². The third-order valence-electron chi connectivity index (χ3n) is 5.89. The van der Waals surface area contributed by atoms with Crippen molar-refractivity contribution in [2.75, 3.05) is 26.2 Å². The van der Waals surface area contributed by atoms with Gasteiger partial charge in [0.25, 0.3) is 5.69 Å². The number of nitrogens with zero attached hydrogens (tertiary/aromatic N) is 4. The first kappa shape index (κ1) is 21.2. The van der Waals surface area contributed by atoms with Gasteiger partial charge in [-0.15, -0.1) is 0 Å². The lowest BCUT2D eigenvalue weighted by atomic mass is 10.2. The van der Waals surface area contributed by atoms with E-state index in [9.17, 15) is 18.5 Å². The molecule has 4 rings (SSSR count). The summed E-state index contributed by atoms with van der Waals surface area (Å²) in [6.45, 7) is 1.97. The number of ether oxygens (including phenoxy) is 1. The molecule has 2 aromatic carbocycles. The zero-order valence-corrected chi connectivity index (χ0v) is 17.6. The molecule has 10 heteroatoms. The van der Waals surface area contributed by atoms with E-state index in [4.69, 9.17) is 10.00 Å². The number of benzene rings is 2. The first-order valence-corrected chi connectivity index (χ1v) is 11.5. The van der Waals surface area contributed by atoms with Gasteiger partial charge >= 0.3 is 0 Å². The SMILES string of the molecule is N#Cc1ccc(OCCN2C3CCC2CN(S(=O)(=O)c2ccc([N+](=O)[O-])cc2)C3)cc1. The Morgan fingerprint density at radius 3 is 2.23 bits per heavy atom. The third-order valence-corrected chi connectivity index (χ3v) is 7.73. The number of sulfonamides is 1. The summed E-state index contributed by atoms with van der Waals surface area (Å²) in [6.07, 6.45) is 1.85. The number of hydrogen-bond acceptors (Lipinski definition) is 7. The summed E-state index contributed by atoms with van der Waals surface area (Å²) in [5.41, 5.74) is 0.446. The van der Waals surface area contributed by atoms with E-state index in [1.807, 2.05) is 0 Å². The van der Waals surface area contributed by atoms with E-state index in [2.05, 4.69) is 11.0 Å². The molecule has 2 aromatic rings. The number of nitro groups is 1. The molecule has 9 nitrogen and oxygen atoms in total. The molecule has 2 heterocycles. The standard InChI is InChI=1S/C21H22N4O5S/c22-13-16-1-7-20(8-2-16)30-12-11-24-18-3-4-19(24)15-23(14-18)31(28,29)21-9-5-17(6-10-21)25(26)27/h1-2,5-10,18-19H,3-4,11-12,14-15H2. The molecule has 0 N–H and O–H groups in total. The fraction of sp³-hybridized carbons (Fsp3) is 0.381. The highest BCUT2D eigenvalue weighted by Crippen LogP contribution is 2.33. The van der Waals surface area contributed by atoms with E-state index in [0.29, 0.717) is 37.6 Å². The molecule has 2 unspecified atom stereocenters. The van der Waals surface area contributed by atoms with E-state index in [0.717, 1.165) is 12.8 Å². The van der Waals surface area contributed by atoms with Crippen molar-refractivity contribution in [2.24, 2.45) is 0 Å². The largest absolute Gasteiger partial charge is 0.492 e. The first-order valence-electron chi connectivity index (χ1n) is 10.0. The second-order valence-corrected chi connectivity index (χ2v) is 9.62. The highest BCUT2D eigenvalue weighted by atomic mass is 32.2. The normalized spacial score (nSPS) is 21.5. The van der Waals surface area contributed by atoms with Crippen LogP contribution in [0, 0.1) is 21.4 Å². The fourth-order valence-corrected chi connectivity index (χ4v) is 5.81. The molecule has 0 spiro atoms. The lowest BCUT2D eigenvalue weighted by Crippen LogP contribution is -2.55. The molecule has 2 atom stereocenters. The van der Waals surface area contributed by atoms with E-state index >= 15 is 0 Å². The van der Waals surface area contributed by atoms with Crippen LogP contribution >= 0.6 is 0 Å². The Labute approximate surface area is 180 Å². The van der Waals surface area contributed by atoms with Gasteiger partial charge in [-0.2, -0.15) is 9.57 Å². The maximum absolute atomic E-state index is 13.0. The Hall–Kier alpha value is -3.00. The van der Waals surface area contributed by atoms with Gasteiger partial charge in [0, 0.05) is 43.9 Å². The van der Waals surface area contributed by atoms with Gasteiger partial charge in [0.15, 0.2) is 0 Å². The van der Waals surface area contributed by atoms with Crippen LogP contribution in [0.1, 0.15) is 18.4 Å². The Morgan fingerprint density at radius 1 is 1.06 bits per heavy atom. The second-order valence-electron chi connectivity index (χ2n) is 7.68. The molecular weight excluding hydrogens is 420 g/mol. The molecule has 162 valence electrons. The van der Waals surface area contributed by atoms with Gasteiger partial charge in [-0.25, -0.2) is 8.42 Å². The van der Waals surface area contributed by atoms with Crippen molar-refractivity contribution in [1.82, 2.24) is 9.21 Å². The zero-order valence-electron chi connectivity index (χ0n) is 16.8. The predicted octanol–water partition coefficient (Wildman–Crippen LogP) is 2.38. The summed E-state index contributed by atoms with van der Waals surface area (Å²) < 4.78 is 33.4. The van der Waals surface area contributed by atoms with E-state index in [1.165, 1.54) is 28.6 Å². The minimum atomic E-state index is -3.70. The minimum Gasteiger partial charge on any atom is -0.492 e. The van der Waals surface area contributed by atoms with Crippen molar-refractivity contribution in [3.63, 3.8) is 0 Å². The van der Waals surface area contributed by atoms with Gasteiger partial charge in [-0.1, -0.05) is 0 Å². The number of piperazine rings is 1. The number of nitriles is 1. The zero-order chi connectivity index (χ0) is 22.0. The maximum Gasteiger partial charge on any atom is 0.269 e. The number of nitro benzene ring substituents is 1. The molecule has 2 fully saturated rings. The van der Waals surface area contributed by atoms with Crippen LogP contribution in [0.5, 0.6) is 5.75 Å². The van der Waals surface area contributed by atoms with E-state index in [1.54, 1.807) is 24.3 Å². The van der Waals surface area contributed by atoms with Crippen LogP contribution in [0.4, 0.5) is 5.69 Å². The molecule has 2 saturated heterocycles. The van der Waals surface area contributed by atoms with Gasteiger partial charge in [-0.05, 0) is 49.2 Å². The van der Waals surface area contributed by atoms with Crippen LogP contribution in [0.3, 0.4) is 0 Å². The van der Waals surface area contributed by atoms with Gasteiger partial charge in [-0.3, -0.25) is 15.0 Å². The predicted molar refractivity (Wildman–Crippen MR) is 112 cm³/mol. The molecule has 0 aliphatic carbocycles. The average molecular weight is 442 g/mol. The molecule has 2 aliphatic heterocycles. The van der Waals surface area contributed by atoms with Gasteiger partial charge in [0.05, 0.1) is 21.5 Å². The second kappa shape index (κ2) is 8.63. The van der Waals surface area contributed by atoms with Crippen LogP contribution < -0.4 is 4.74 Å². The highest BCUT2D eigenvalue weighted by Gasteiger charge is 2.43. The van der Waals surface area contributed by atoms with E-state index in [-0.39, 0.29) is 22.7 Å². The summed E-state index contributed by atoms with van der Waals surface area (Å²) in [5.74, 6) is 0.700. The Bertz CT molecular complexity index is 1080. The number of non-ortho nitro benzene ring substituents is 1. The van der Waals surface area contributed by atoms with Crippen molar-refractivity contribution in [2.45, 2.75) is 29.8 Å². The quantitative estimate of drug-likeness (QED) is 0.477. The molecule has 2 aliphatic rings. The Balaban J connectivity index is 1.37. The Morgan fingerprint density at radius 2 is 1.68 bits per heavy atom. The van der Waals surface area contributed by atoms with Crippen LogP contribution in [0.25, 0.3) is 0 Å². The molecule has 0 amide bonds. The lowest BCUT2D eigenvalue weighted by Gasteiger charge is -2.40. The minimum absolute atomic E-state index is 0.0788. The van der Waals surface area contributed by atoms with Crippen molar-refractivity contribution in [3.8, 4) is 11.8 Å². The smallest absolute Gasteiger partial charge is 0.269 e. The van der Waals surface area contributed by atoms with Crippen LogP contribution in [0.15, 0.2) is 53.4 Å². The highest BCUT2D eigenvalue weighted by molar-refractivity contribution is 7.89. The maximum atomic E-state index is 13.0. The lowest BCUT2D eigenvalue weighted by molar-refractivity contribution is -0.384. The molecular formula is C21H22N4O5S. The fourth-order valence-electron chi connectivity index (χ4n) is 4.30. The monoisotopic (exact) mass is 442 g/mol. The first-order chi connectivity index (χ1) is 14.9. The molecule has 31 heavy (non-hydrogen) atoms. The molecule has 0 radical (unpaired) electrons. The van der Waals surface area contributed by atoms with Crippen LogP contribution in [-0.2, 0) is 10.0 Å². The molecule has 0 saturated carbocycles. The van der Waals surface area contributed by atoms with Crippen LogP contribution in [0.2, 0.25) is 0 Å². The average Bonchev–Trinajstić information content (AvgIpc) is 3.00. The summed E-state index contributed by atoms with van der Waals surface area (Å²) in [4.78, 5) is 12.7. The number of hydrogen-bond donors (Lipinski definition) is 0. The topological polar surface area (TPSA) is 117 Å². The van der Waals surface area contributed by atoms with E-state index < -0.39 is 14.9 Å². The molecule has 0 aromatic heterocycles. The van der Waals surface area contributed by atoms with Gasteiger partial charge in [0.1, 0.15) is 12.4 Å². The van der Waals surface area contributed by atoms with Crippen molar-refractivity contribution >= 4 is 15.7 Å². The number of rotatable bonds is 7. The summed E-state index contributed by atoms with van der Waals surface area (Å²) >= 11 is 0. The van der Waals surface area contributed by atoms with Gasteiger partial charge in [0.2, 0.25) is 10.0 Å². The molecule has 2 bridgehead atoms. The summed E-state index contributed by atoms with van der Waals surface area (Å²) in [5, 5.41) is 19.7. The number of fused-ring (bicyclic) bond motifs is 2. The summed E-state index contributed by atoms with van der Waals surface area (Å²) in [6, 6.07) is 14.3. The van der Waals surface area contributed by atoms with Crippen LogP contribution in [-0.4, -0.2) is 60.9 Å². The van der Waals surface area contributed by atoms with Crippen molar-refractivity contribution in [1.29, 1.82) is 5.26 Å². The third kappa shape index (κ3) is 4.39.